The Balaban J connectivity index is 2.08. The number of aryl methyl sites for hydroxylation is 1. The van der Waals surface area contributed by atoms with Gasteiger partial charge in [-0.3, -0.25) is 0 Å². The second kappa shape index (κ2) is 3.54. The van der Waals surface area contributed by atoms with Crippen molar-refractivity contribution in [3.05, 3.63) is 23.7 Å². The maximum absolute atomic E-state index is 5.55. The zero-order valence-electron chi connectivity index (χ0n) is 7.17. The molecule has 1 aromatic rings. The van der Waals surface area contributed by atoms with Crippen LogP contribution in [0.5, 0.6) is 0 Å². The summed E-state index contributed by atoms with van der Waals surface area (Å²) in [4.78, 5) is 0. The molecule has 0 spiro atoms. The van der Waals surface area contributed by atoms with Gasteiger partial charge < -0.3 is 9.73 Å². The van der Waals surface area contributed by atoms with E-state index in [4.69, 9.17) is 4.42 Å². The van der Waals surface area contributed by atoms with E-state index in [-0.39, 0.29) is 0 Å². The van der Waals surface area contributed by atoms with Crippen molar-refractivity contribution in [2.45, 2.75) is 13.0 Å². The number of nitrogens with one attached hydrogen (secondary N) is 1. The summed E-state index contributed by atoms with van der Waals surface area (Å²) < 4.78 is 5.55. The van der Waals surface area contributed by atoms with Gasteiger partial charge in [0.05, 0.1) is 6.04 Å². The summed E-state index contributed by atoms with van der Waals surface area (Å²) in [6.45, 7) is 3.08. The summed E-state index contributed by atoms with van der Waals surface area (Å²) in [5, 5.41) is 3.43. The molecule has 1 saturated heterocycles. The fourth-order valence-electron chi connectivity index (χ4n) is 1.39. The van der Waals surface area contributed by atoms with Crippen LogP contribution in [0.1, 0.15) is 17.6 Å². The third-order valence-corrected chi connectivity index (χ3v) is 3.09. The lowest BCUT2D eigenvalue weighted by atomic mass is 10.2. The standard InChI is InChI=1S/C9H13NOS/c1-7-2-3-9(11-7)8-6-12-5-4-10-8/h2-3,8,10H,4-6H2,1H3. The van der Waals surface area contributed by atoms with Gasteiger partial charge in [0, 0.05) is 18.1 Å². The van der Waals surface area contributed by atoms with Crippen LogP contribution >= 0.6 is 11.8 Å². The maximum Gasteiger partial charge on any atom is 0.121 e. The van der Waals surface area contributed by atoms with Crippen molar-refractivity contribution < 1.29 is 4.42 Å². The lowest BCUT2D eigenvalue weighted by molar-refractivity contribution is 0.422. The first-order chi connectivity index (χ1) is 5.86. The van der Waals surface area contributed by atoms with Gasteiger partial charge in [0.15, 0.2) is 0 Å². The van der Waals surface area contributed by atoms with Crippen LogP contribution in [0.3, 0.4) is 0 Å². The molecular formula is C9H13NOS. The summed E-state index contributed by atoms with van der Waals surface area (Å²) >= 11 is 1.98. The molecular weight excluding hydrogens is 170 g/mol. The molecule has 0 bridgehead atoms. The van der Waals surface area contributed by atoms with Crippen molar-refractivity contribution >= 4 is 11.8 Å². The third kappa shape index (κ3) is 1.67. The Bertz CT molecular complexity index is 253. The minimum absolute atomic E-state index is 0.428. The highest BCUT2D eigenvalue weighted by molar-refractivity contribution is 7.99. The Morgan fingerprint density at radius 2 is 2.50 bits per heavy atom. The lowest BCUT2D eigenvalue weighted by Crippen LogP contribution is -2.29. The molecule has 1 aliphatic heterocycles. The second-order valence-electron chi connectivity index (χ2n) is 3.03. The van der Waals surface area contributed by atoms with Crippen LogP contribution < -0.4 is 5.32 Å². The number of hydrogen-bond acceptors (Lipinski definition) is 3. The van der Waals surface area contributed by atoms with Crippen molar-refractivity contribution in [3.8, 4) is 0 Å². The lowest BCUT2D eigenvalue weighted by Gasteiger charge is -2.20. The molecule has 1 unspecified atom stereocenters. The molecule has 2 rings (SSSR count). The first-order valence-corrected chi connectivity index (χ1v) is 5.39. The van der Waals surface area contributed by atoms with Crippen LogP contribution in [0.4, 0.5) is 0 Å². The fraction of sp³-hybridized carbons (Fsp3) is 0.556. The summed E-state index contributed by atoms with van der Waals surface area (Å²) in [5.74, 6) is 4.44. The normalized spacial score (nSPS) is 24.2. The minimum Gasteiger partial charge on any atom is -0.465 e. The minimum atomic E-state index is 0.428. The Morgan fingerprint density at radius 1 is 1.58 bits per heavy atom. The van der Waals surface area contributed by atoms with E-state index in [1.807, 2.05) is 24.8 Å². The molecule has 1 N–H and O–H groups in total. The molecule has 1 aliphatic rings. The van der Waals surface area contributed by atoms with Crippen LogP contribution in [0, 0.1) is 6.92 Å². The predicted molar refractivity (Wildman–Crippen MR) is 51.5 cm³/mol. The van der Waals surface area contributed by atoms with Gasteiger partial charge in [0.2, 0.25) is 0 Å². The van der Waals surface area contributed by atoms with E-state index in [1.54, 1.807) is 0 Å². The second-order valence-corrected chi connectivity index (χ2v) is 4.18. The van der Waals surface area contributed by atoms with Gasteiger partial charge in [-0.25, -0.2) is 0 Å². The molecule has 0 radical (unpaired) electrons. The molecule has 2 heterocycles. The zero-order valence-corrected chi connectivity index (χ0v) is 7.99. The van der Waals surface area contributed by atoms with Gasteiger partial charge >= 0.3 is 0 Å². The van der Waals surface area contributed by atoms with Crippen LogP contribution in [0.15, 0.2) is 16.5 Å². The van der Waals surface area contributed by atoms with Gasteiger partial charge in [-0.05, 0) is 19.1 Å². The molecule has 66 valence electrons. The molecule has 0 saturated carbocycles. The van der Waals surface area contributed by atoms with E-state index in [0.717, 1.165) is 23.8 Å². The first-order valence-electron chi connectivity index (χ1n) is 4.24. The molecule has 1 atom stereocenters. The molecule has 0 amide bonds. The van der Waals surface area contributed by atoms with E-state index < -0.39 is 0 Å². The quantitative estimate of drug-likeness (QED) is 0.720. The SMILES string of the molecule is Cc1ccc(C2CSCCN2)o1. The fourth-order valence-corrected chi connectivity index (χ4v) is 2.34. The molecule has 0 aliphatic carbocycles. The van der Waals surface area contributed by atoms with Crippen molar-refractivity contribution in [2.75, 3.05) is 18.1 Å². The van der Waals surface area contributed by atoms with Crippen LogP contribution in [-0.2, 0) is 0 Å². The Morgan fingerprint density at radius 3 is 3.08 bits per heavy atom. The van der Waals surface area contributed by atoms with Crippen LogP contribution in [0.2, 0.25) is 0 Å². The van der Waals surface area contributed by atoms with Gasteiger partial charge in [-0.2, -0.15) is 11.8 Å². The summed E-state index contributed by atoms with van der Waals surface area (Å²) in [7, 11) is 0. The molecule has 2 nitrogen and oxygen atoms in total. The smallest absolute Gasteiger partial charge is 0.121 e. The third-order valence-electron chi connectivity index (χ3n) is 2.03. The van der Waals surface area contributed by atoms with Gasteiger partial charge in [-0.1, -0.05) is 0 Å². The maximum atomic E-state index is 5.55. The number of hydrogen-bond donors (Lipinski definition) is 1. The monoisotopic (exact) mass is 183 g/mol. The van der Waals surface area contributed by atoms with Crippen molar-refractivity contribution in [3.63, 3.8) is 0 Å². The largest absolute Gasteiger partial charge is 0.465 e. The number of rotatable bonds is 1. The summed E-state index contributed by atoms with van der Waals surface area (Å²) in [6, 6.07) is 4.52. The van der Waals surface area contributed by atoms with E-state index in [9.17, 15) is 0 Å². The van der Waals surface area contributed by atoms with Crippen molar-refractivity contribution in [1.82, 2.24) is 5.32 Å². The van der Waals surface area contributed by atoms with E-state index >= 15 is 0 Å². The first kappa shape index (κ1) is 8.20. The molecule has 1 fully saturated rings. The highest BCUT2D eigenvalue weighted by atomic mass is 32.2. The van der Waals surface area contributed by atoms with Crippen molar-refractivity contribution in [2.24, 2.45) is 0 Å². The molecule has 12 heavy (non-hydrogen) atoms. The van der Waals surface area contributed by atoms with Crippen molar-refractivity contribution in [1.29, 1.82) is 0 Å². The highest BCUT2D eigenvalue weighted by Crippen LogP contribution is 2.23. The highest BCUT2D eigenvalue weighted by Gasteiger charge is 2.17. The predicted octanol–water partition coefficient (Wildman–Crippen LogP) is 1.97. The van der Waals surface area contributed by atoms with E-state index in [0.29, 0.717) is 6.04 Å². The zero-order chi connectivity index (χ0) is 8.39. The van der Waals surface area contributed by atoms with Gasteiger partial charge in [-0.15, -0.1) is 0 Å². The number of thioether (sulfide) groups is 1. The van der Waals surface area contributed by atoms with Gasteiger partial charge in [0.25, 0.3) is 0 Å². The van der Waals surface area contributed by atoms with Gasteiger partial charge in [0.1, 0.15) is 11.5 Å². The van der Waals surface area contributed by atoms with Crippen LogP contribution in [-0.4, -0.2) is 18.1 Å². The van der Waals surface area contributed by atoms with E-state index in [1.165, 1.54) is 5.75 Å². The Hall–Kier alpha value is -0.410. The topological polar surface area (TPSA) is 25.2 Å². The molecule has 1 aromatic heterocycles. The molecule has 3 heteroatoms. The Kier molecular flexibility index (Phi) is 2.42. The van der Waals surface area contributed by atoms with E-state index in [2.05, 4.69) is 11.4 Å². The average molecular weight is 183 g/mol. The molecule has 0 aromatic carbocycles. The number of furan rings is 1. The summed E-state index contributed by atoms with van der Waals surface area (Å²) in [6.07, 6.45) is 0. The van der Waals surface area contributed by atoms with Crippen LogP contribution in [0.25, 0.3) is 0 Å². The summed E-state index contributed by atoms with van der Waals surface area (Å²) in [5.41, 5.74) is 0. The average Bonchev–Trinajstić information content (AvgIpc) is 2.54. The Labute approximate surface area is 76.7 Å².